The summed E-state index contributed by atoms with van der Waals surface area (Å²) in [5, 5.41) is 8.19. The van der Waals surface area contributed by atoms with Gasteiger partial charge in [-0.15, -0.1) is 0 Å². The van der Waals surface area contributed by atoms with E-state index < -0.39 is 0 Å². The molecule has 0 saturated carbocycles. The minimum Gasteiger partial charge on any atom is -0.277 e. The lowest BCUT2D eigenvalue weighted by Gasteiger charge is -2.00. The van der Waals surface area contributed by atoms with Crippen LogP contribution in [0.25, 0.3) is 22.5 Å². The van der Waals surface area contributed by atoms with Crippen molar-refractivity contribution in [2.24, 2.45) is 0 Å². The van der Waals surface area contributed by atoms with Crippen molar-refractivity contribution in [3.63, 3.8) is 0 Å². The van der Waals surface area contributed by atoms with Crippen LogP contribution in [0, 0.1) is 6.92 Å². The number of hydrogen-bond acceptors (Lipinski definition) is 1. The van der Waals surface area contributed by atoms with Gasteiger partial charge in [-0.25, -0.2) is 0 Å². The fourth-order valence-electron chi connectivity index (χ4n) is 2.10. The van der Waals surface area contributed by atoms with Crippen LogP contribution in [-0.4, -0.2) is 10.2 Å². The number of aromatic amines is 1. The second-order valence-electron chi connectivity index (χ2n) is 4.49. The van der Waals surface area contributed by atoms with Crippen molar-refractivity contribution in [3.05, 3.63) is 65.2 Å². The van der Waals surface area contributed by atoms with E-state index in [1.807, 2.05) is 36.4 Å². The van der Waals surface area contributed by atoms with Crippen molar-refractivity contribution in [3.8, 4) is 22.5 Å². The van der Waals surface area contributed by atoms with Gasteiger partial charge in [0.15, 0.2) is 0 Å². The molecule has 2 aromatic carbocycles. The third-order valence-corrected chi connectivity index (χ3v) is 3.41. The number of rotatable bonds is 2. The molecular weight excluding hydrogens is 256 g/mol. The molecule has 0 unspecified atom stereocenters. The molecule has 0 fully saturated rings. The van der Waals surface area contributed by atoms with E-state index in [9.17, 15) is 0 Å². The minimum atomic E-state index is 0.735. The van der Waals surface area contributed by atoms with Crippen molar-refractivity contribution in [1.29, 1.82) is 0 Å². The molecule has 0 spiro atoms. The first-order chi connectivity index (χ1) is 9.24. The molecule has 0 atom stereocenters. The number of nitrogens with zero attached hydrogens (tertiary/aromatic N) is 1. The highest BCUT2D eigenvalue weighted by atomic mass is 35.5. The van der Waals surface area contributed by atoms with Crippen LogP contribution in [-0.2, 0) is 0 Å². The molecule has 19 heavy (non-hydrogen) atoms. The van der Waals surface area contributed by atoms with Crippen molar-refractivity contribution in [2.45, 2.75) is 6.92 Å². The molecule has 3 heteroatoms. The van der Waals surface area contributed by atoms with Gasteiger partial charge in [-0.1, -0.05) is 48.0 Å². The Balaban J connectivity index is 2.00. The van der Waals surface area contributed by atoms with Crippen LogP contribution >= 0.6 is 11.6 Å². The molecule has 0 amide bonds. The number of aromatic nitrogens is 2. The average Bonchev–Trinajstić information content (AvgIpc) is 2.89. The first-order valence-electron chi connectivity index (χ1n) is 6.11. The summed E-state index contributed by atoms with van der Waals surface area (Å²) in [5.41, 5.74) is 5.42. The Kier molecular flexibility index (Phi) is 3.10. The van der Waals surface area contributed by atoms with Gasteiger partial charge in [0.05, 0.1) is 11.4 Å². The van der Waals surface area contributed by atoms with E-state index in [4.69, 9.17) is 11.6 Å². The average molecular weight is 269 g/mol. The lowest BCUT2D eigenvalue weighted by molar-refractivity contribution is 1.10. The lowest BCUT2D eigenvalue weighted by Crippen LogP contribution is -1.81. The van der Waals surface area contributed by atoms with E-state index in [-0.39, 0.29) is 0 Å². The highest BCUT2D eigenvalue weighted by molar-refractivity contribution is 6.30. The molecule has 94 valence electrons. The van der Waals surface area contributed by atoms with Crippen LogP contribution in [0.15, 0.2) is 54.6 Å². The van der Waals surface area contributed by atoms with E-state index in [2.05, 4.69) is 35.3 Å². The SMILES string of the molecule is Cc1ccccc1-c1cc(-c2ccc(Cl)cc2)n[nH]1. The summed E-state index contributed by atoms with van der Waals surface area (Å²) in [6.07, 6.45) is 0. The van der Waals surface area contributed by atoms with E-state index >= 15 is 0 Å². The number of halogens is 1. The highest BCUT2D eigenvalue weighted by Crippen LogP contribution is 2.26. The third kappa shape index (κ3) is 2.40. The molecule has 0 aliphatic heterocycles. The zero-order valence-corrected chi connectivity index (χ0v) is 11.3. The largest absolute Gasteiger partial charge is 0.277 e. The molecule has 0 aliphatic rings. The molecular formula is C16H13ClN2. The van der Waals surface area contributed by atoms with E-state index in [1.165, 1.54) is 11.1 Å². The number of aryl methyl sites for hydroxylation is 1. The topological polar surface area (TPSA) is 28.7 Å². The number of benzene rings is 2. The predicted molar refractivity (Wildman–Crippen MR) is 79.2 cm³/mol. The second-order valence-corrected chi connectivity index (χ2v) is 4.93. The summed E-state index contributed by atoms with van der Waals surface area (Å²) in [4.78, 5) is 0. The molecule has 0 saturated heterocycles. The molecule has 0 aliphatic carbocycles. The van der Waals surface area contributed by atoms with Crippen LogP contribution in [0.1, 0.15) is 5.56 Å². The van der Waals surface area contributed by atoms with Crippen molar-refractivity contribution >= 4 is 11.6 Å². The Labute approximate surface area is 117 Å². The van der Waals surface area contributed by atoms with Gasteiger partial charge in [0, 0.05) is 16.1 Å². The van der Waals surface area contributed by atoms with Crippen LogP contribution in [0.4, 0.5) is 0 Å². The Morgan fingerprint density at radius 2 is 1.74 bits per heavy atom. The van der Waals surface area contributed by atoms with Crippen molar-refractivity contribution in [2.75, 3.05) is 0 Å². The lowest BCUT2D eigenvalue weighted by atomic mass is 10.0. The Morgan fingerprint density at radius 1 is 1.00 bits per heavy atom. The van der Waals surface area contributed by atoms with Crippen LogP contribution in [0.2, 0.25) is 5.02 Å². The Morgan fingerprint density at radius 3 is 2.47 bits per heavy atom. The fraction of sp³-hybridized carbons (Fsp3) is 0.0625. The van der Waals surface area contributed by atoms with Gasteiger partial charge in [0.2, 0.25) is 0 Å². The third-order valence-electron chi connectivity index (χ3n) is 3.15. The van der Waals surface area contributed by atoms with E-state index in [1.54, 1.807) is 0 Å². The van der Waals surface area contributed by atoms with Gasteiger partial charge in [-0.2, -0.15) is 5.10 Å². The normalized spacial score (nSPS) is 10.6. The second kappa shape index (κ2) is 4.90. The first kappa shape index (κ1) is 12.0. The van der Waals surface area contributed by atoms with Crippen molar-refractivity contribution < 1.29 is 0 Å². The van der Waals surface area contributed by atoms with E-state index in [0.717, 1.165) is 22.0 Å². The Hall–Kier alpha value is -2.06. The quantitative estimate of drug-likeness (QED) is 0.717. The maximum Gasteiger partial charge on any atom is 0.0927 e. The van der Waals surface area contributed by atoms with Gasteiger partial charge in [0.25, 0.3) is 0 Å². The van der Waals surface area contributed by atoms with Gasteiger partial charge in [0.1, 0.15) is 0 Å². The summed E-state index contributed by atoms with van der Waals surface area (Å²) >= 11 is 5.89. The molecule has 0 bridgehead atoms. The number of hydrogen-bond donors (Lipinski definition) is 1. The molecule has 1 N–H and O–H groups in total. The van der Waals surface area contributed by atoms with Crippen molar-refractivity contribution in [1.82, 2.24) is 10.2 Å². The highest BCUT2D eigenvalue weighted by Gasteiger charge is 2.07. The summed E-state index contributed by atoms with van der Waals surface area (Å²) in [7, 11) is 0. The van der Waals surface area contributed by atoms with Crippen LogP contribution in [0.3, 0.4) is 0 Å². The zero-order valence-electron chi connectivity index (χ0n) is 10.5. The molecule has 3 rings (SSSR count). The van der Waals surface area contributed by atoms with Gasteiger partial charge >= 0.3 is 0 Å². The molecule has 3 aromatic rings. The maximum atomic E-state index is 5.89. The van der Waals surface area contributed by atoms with E-state index in [0.29, 0.717) is 0 Å². The molecule has 1 heterocycles. The summed E-state index contributed by atoms with van der Waals surface area (Å²) < 4.78 is 0. The molecule has 2 nitrogen and oxygen atoms in total. The smallest absolute Gasteiger partial charge is 0.0927 e. The summed E-state index contributed by atoms with van der Waals surface area (Å²) in [6, 6.07) is 18.0. The fourth-order valence-corrected chi connectivity index (χ4v) is 2.23. The number of H-pyrrole nitrogens is 1. The number of nitrogens with one attached hydrogen (secondary N) is 1. The molecule has 1 aromatic heterocycles. The molecule has 0 radical (unpaired) electrons. The van der Waals surface area contributed by atoms with Crippen LogP contribution < -0.4 is 0 Å². The zero-order chi connectivity index (χ0) is 13.2. The summed E-state index contributed by atoms with van der Waals surface area (Å²) in [6.45, 7) is 2.10. The Bertz CT molecular complexity index is 699. The van der Waals surface area contributed by atoms with Gasteiger partial charge in [-0.3, -0.25) is 5.10 Å². The predicted octanol–water partition coefficient (Wildman–Crippen LogP) is 4.71. The first-order valence-corrected chi connectivity index (χ1v) is 6.49. The standard InChI is InChI=1S/C16H13ClN2/c1-11-4-2-3-5-14(11)16-10-15(18-19-16)12-6-8-13(17)9-7-12/h2-10H,1H3,(H,18,19). The van der Waals surface area contributed by atoms with Crippen LogP contribution in [0.5, 0.6) is 0 Å². The minimum absolute atomic E-state index is 0.735. The van der Waals surface area contributed by atoms with Gasteiger partial charge in [-0.05, 0) is 30.7 Å². The monoisotopic (exact) mass is 268 g/mol. The maximum absolute atomic E-state index is 5.89. The van der Waals surface area contributed by atoms with Gasteiger partial charge < -0.3 is 0 Å². The summed E-state index contributed by atoms with van der Waals surface area (Å²) in [5.74, 6) is 0.